The van der Waals surface area contributed by atoms with Crippen molar-refractivity contribution in [2.45, 2.75) is 32.1 Å². The fraction of sp³-hybridized carbons (Fsp3) is 0.304. The molecule has 2 aliphatic heterocycles. The first-order valence-electron chi connectivity index (χ1n) is 9.84. The maximum atomic E-state index is 13.3. The molecule has 1 atom stereocenters. The average molecular weight is 391 g/mol. The van der Waals surface area contributed by atoms with Crippen molar-refractivity contribution in [3.05, 3.63) is 77.5 Å². The monoisotopic (exact) mass is 391 g/mol. The Morgan fingerprint density at radius 2 is 1.93 bits per heavy atom. The van der Waals surface area contributed by atoms with Crippen LogP contribution in [0.4, 0.5) is 4.39 Å². The second-order valence-electron chi connectivity index (χ2n) is 7.92. The highest BCUT2D eigenvalue weighted by Crippen LogP contribution is 2.35. The van der Waals surface area contributed by atoms with Gasteiger partial charge in [0.05, 0.1) is 25.0 Å². The summed E-state index contributed by atoms with van der Waals surface area (Å²) in [5, 5.41) is 0. The Morgan fingerprint density at radius 3 is 2.72 bits per heavy atom. The molecule has 5 nitrogen and oxygen atoms in total. The van der Waals surface area contributed by atoms with Gasteiger partial charge in [0.1, 0.15) is 23.8 Å². The van der Waals surface area contributed by atoms with E-state index in [1.54, 1.807) is 12.1 Å². The highest BCUT2D eigenvalue weighted by atomic mass is 19.1. The third kappa shape index (κ3) is 3.13. The van der Waals surface area contributed by atoms with E-state index >= 15 is 0 Å². The lowest BCUT2D eigenvalue weighted by atomic mass is 10.0. The minimum Gasteiger partial charge on any atom is -0.363 e. The first-order chi connectivity index (χ1) is 14.0. The highest BCUT2D eigenvalue weighted by Gasteiger charge is 2.44. The van der Waals surface area contributed by atoms with Crippen molar-refractivity contribution < 1.29 is 13.9 Å². The molecular formula is C23H22FN3O2. The number of rotatable bonds is 2. The summed E-state index contributed by atoms with van der Waals surface area (Å²) >= 11 is 0. The fourth-order valence-electron chi connectivity index (χ4n) is 4.36. The van der Waals surface area contributed by atoms with Crippen LogP contribution < -0.4 is 0 Å². The number of amides is 1. The number of aromatic nitrogens is 2. The van der Waals surface area contributed by atoms with Gasteiger partial charge in [-0.05, 0) is 54.8 Å². The Kier molecular flexibility index (Phi) is 4.24. The number of hydrogen-bond acceptors (Lipinski definition) is 3. The quantitative estimate of drug-likeness (QED) is 0.667. The van der Waals surface area contributed by atoms with E-state index < -0.39 is 5.60 Å². The Labute approximate surface area is 168 Å². The van der Waals surface area contributed by atoms with Crippen molar-refractivity contribution >= 4 is 5.91 Å². The average Bonchev–Trinajstić information content (AvgIpc) is 3.33. The molecule has 0 saturated carbocycles. The number of ether oxygens (including phenoxy) is 1. The third-order valence-corrected chi connectivity index (χ3v) is 6.01. The Bertz CT molecular complexity index is 1080. The van der Waals surface area contributed by atoms with E-state index in [4.69, 9.17) is 4.74 Å². The van der Waals surface area contributed by atoms with Gasteiger partial charge in [-0.3, -0.25) is 4.79 Å². The van der Waals surface area contributed by atoms with Gasteiger partial charge < -0.3 is 14.2 Å². The van der Waals surface area contributed by atoms with Gasteiger partial charge in [0.2, 0.25) is 0 Å². The fourth-order valence-corrected chi connectivity index (χ4v) is 4.36. The SMILES string of the molecule is Cc1ccccc1C(=O)N1CC[C@]2(C1)Cn1c(-c3ccc(F)cc3)cnc1CO2. The second-order valence-corrected chi connectivity index (χ2v) is 7.92. The molecule has 0 bridgehead atoms. The van der Waals surface area contributed by atoms with E-state index in [0.29, 0.717) is 26.2 Å². The summed E-state index contributed by atoms with van der Waals surface area (Å²) in [6.07, 6.45) is 2.60. The minimum atomic E-state index is -0.416. The van der Waals surface area contributed by atoms with E-state index in [-0.39, 0.29) is 11.7 Å². The maximum Gasteiger partial charge on any atom is 0.254 e. The van der Waals surface area contributed by atoms with E-state index in [0.717, 1.165) is 34.6 Å². The zero-order valence-electron chi connectivity index (χ0n) is 16.3. The zero-order chi connectivity index (χ0) is 20.0. The Hall–Kier alpha value is -2.99. The molecule has 0 unspecified atom stereocenters. The van der Waals surface area contributed by atoms with Gasteiger partial charge in [-0.25, -0.2) is 9.37 Å². The number of hydrogen-bond donors (Lipinski definition) is 0. The van der Waals surface area contributed by atoms with Crippen LogP contribution in [0.5, 0.6) is 0 Å². The van der Waals surface area contributed by atoms with Crippen molar-refractivity contribution in [2.24, 2.45) is 0 Å². The summed E-state index contributed by atoms with van der Waals surface area (Å²) in [6, 6.07) is 14.1. The van der Waals surface area contributed by atoms with Crippen LogP contribution in [0.25, 0.3) is 11.3 Å². The van der Waals surface area contributed by atoms with Crippen LogP contribution in [0.1, 0.15) is 28.2 Å². The summed E-state index contributed by atoms with van der Waals surface area (Å²) in [6.45, 7) is 4.23. The van der Waals surface area contributed by atoms with Gasteiger partial charge in [-0.2, -0.15) is 0 Å². The minimum absolute atomic E-state index is 0.0544. The molecule has 0 radical (unpaired) electrons. The van der Waals surface area contributed by atoms with Crippen LogP contribution in [-0.4, -0.2) is 39.0 Å². The van der Waals surface area contributed by atoms with E-state index in [2.05, 4.69) is 9.55 Å². The second kappa shape index (κ2) is 6.81. The normalized spacial score (nSPS) is 20.8. The third-order valence-electron chi connectivity index (χ3n) is 6.01. The summed E-state index contributed by atoms with van der Waals surface area (Å²) in [4.78, 5) is 19.4. The summed E-state index contributed by atoms with van der Waals surface area (Å²) in [7, 11) is 0. The van der Waals surface area contributed by atoms with Crippen molar-refractivity contribution in [3.8, 4) is 11.3 Å². The molecule has 1 fully saturated rings. The van der Waals surface area contributed by atoms with E-state index in [9.17, 15) is 9.18 Å². The molecular weight excluding hydrogens is 369 g/mol. The number of likely N-dealkylation sites (tertiary alicyclic amines) is 1. The molecule has 5 rings (SSSR count). The van der Waals surface area contributed by atoms with Crippen molar-refractivity contribution in [1.82, 2.24) is 14.5 Å². The number of aryl methyl sites for hydroxylation is 1. The zero-order valence-corrected chi connectivity index (χ0v) is 16.3. The van der Waals surface area contributed by atoms with Crippen LogP contribution in [-0.2, 0) is 17.9 Å². The van der Waals surface area contributed by atoms with Crippen LogP contribution in [0.3, 0.4) is 0 Å². The van der Waals surface area contributed by atoms with Crippen molar-refractivity contribution in [2.75, 3.05) is 13.1 Å². The van der Waals surface area contributed by atoms with Crippen LogP contribution in [0.15, 0.2) is 54.7 Å². The van der Waals surface area contributed by atoms with Crippen LogP contribution in [0.2, 0.25) is 0 Å². The number of benzene rings is 2. The molecule has 0 aliphatic carbocycles. The van der Waals surface area contributed by atoms with Crippen molar-refractivity contribution in [1.29, 1.82) is 0 Å². The number of fused-ring (bicyclic) bond motifs is 1. The Balaban J connectivity index is 1.40. The van der Waals surface area contributed by atoms with Gasteiger partial charge in [-0.15, -0.1) is 0 Å². The molecule has 3 heterocycles. The van der Waals surface area contributed by atoms with E-state index in [1.165, 1.54) is 12.1 Å². The Morgan fingerprint density at radius 1 is 1.14 bits per heavy atom. The lowest BCUT2D eigenvalue weighted by Gasteiger charge is -2.35. The molecule has 2 aliphatic rings. The number of nitrogens with zero attached hydrogens (tertiary/aromatic N) is 3. The highest BCUT2D eigenvalue weighted by molar-refractivity contribution is 5.95. The molecule has 148 valence electrons. The number of imidazole rings is 1. The van der Waals surface area contributed by atoms with Gasteiger partial charge in [0.25, 0.3) is 5.91 Å². The predicted octanol–water partition coefficient (Wildman–Crippen LogP) is 3.81. The van der Waals surface area contributed by atoms with E-state index in [1.807, 2.05) is 42.3 Å². The molecule has 6 heteroatoms. The molecule has 1 aromatic heterocycles. The first kappa shape index (κ1) is 18.1. The summed E-state index contributed by atoms with van der Waals surface area (Å²) < 4.78 is 21.7. The number of halogens is 1. The molecule has 29 heavy (non-hydrogen) atoms. The molecule has 0 N–H and O–H groups in total. The maximum absolute atomic E-state index is 13.3. The summed E-state index contributed by atoms with van der Waals surface area (Å²) in [5.41, 5.74) is 3.19. The number of carbonyl (C=O) groups is 1. The molecule has 1 spiro atoms. The molecule has 2 aromatic carbocycles. The standard InChI is InChI=1S/C23H22FN3O2/c1-16-4-2-3-5-19(16)22(28)26-11-10-23(14-26)15-27-20(12-25-21(27)13-29-23)17-6-8-18(24)9-7-17/h2-9,12H,10-11,13-15H2,1H3/t23-/m0/s1. The van der Waals surface area contributed by atoms with Gasteiger partial charge in [0.15, 0.2) is 0 Å². The van der Waals surface area contributed by atoms with Gasteiger partial charge in [0, 0.05) is 12.1 Å². The topological polar surface area (TPSA) is 47.4 Å². The molecule has 1 amide bonds. The lowest BCUT2D eigenvalue weighted by Crippen LogP contribution is -2.45. The first-order valence-corrected chi connectivity index (χ1v) is 9.84. The molecule has 3 aromatic rings. The molecule has 1 saturated heterocycles. The summed E-state index contributed by atoms with van der Waals surface area (Å²) in [5.74, 6) is 0.658. The largest absolute Gasteiger partial charge is 0.363 e. The van der Waals surface area contributed by atoms with Crippen LogP contribution >= 0.6 is 0 Å². The van der Waals surface area contributed by atoms with Crippen molar-refractivity contribution in [3.63, 3.8) is 0 Å². The predicted molar refractivity (Wildman–Crippen MR) is 107 cm³/mol. The van der Waals surface area contributed by atoms with Crippen LogP contribution in [0, 0.1) is 12.7 Å². The number of carbonyl (C=O) groups excluding carboxylic acids is 1. The smallest absolute Gasteiger partial charge is 0.254 e. The van der Waals surface area contributed by atoms with Gasteiger partial charge in [-0.1, -0.05) is 18.2 Å². The van der Waals surface area contributed by atoms with Gasteiger partial charge >= 0.3 is 0 Å². The lowest BCUT2D eigenvalue weighted by molar-refractivity contribution is -0.0804.